The molecule has 1 N–H and O–H groups in total. The summed E-state index contributed by atoms with van der Waals surface area (Å²) in [5.74, 6) is -0.427. The zero-order valence-corrected chi connectivity index (χ0v) is 17.5. The Morgan fingerprint density at radius 2 is 1.79 bits per heavy atom. The zero-order valence-electron chi connectivity index (χ0n) is 15.9. The van der Waals surface area contributed by atoms with Gasteiger partial charge in [-0.15, -0.1) is 0 Å². The number of imide groups is 2. The number of anilines is 1. The van der Waals surface area contributed by atoms with Crippen molar-refractivity contribution < 1.29 is 23.9 Å². The molecule has 2 aromatic rings. The third kappa shape index (κ3) is 4.48. The Kier molecular flexibility index (Phi) is 6.33. The van der Waals surface area contributed by atoms with Gasteiger partial charge in [0.05, 0.1) is 19.4 Å². The van der Waals surface area contributed by atoms with Crippen molar-refractivity contribution >= 4 is 45.5 Å². The molecule has 2 aromatic carbocycles. The SMILES string of the molecule is COc1cc(/C=C2/C(=O)NC(=O)N(c3ccc(C)cc3)C2=O)ccc1OCCBr. The van der Waals surface area contributed by atoms with Crippen molar-refractivity contribution in [3.63, 3.8) is 0 Å². The van der Waals surface area contributed by atoms with Crippen LogP contribution in [0.3, 0.4) is 0 Å². The Hall–Kier alpha value is -3.13. The second-order valence-electron chi connectivity index (χ2n) is 6.24. The fourth-order valence-corrected chi connectivity index (χ4v) is 2.96. The summed E-state index contributed by atoms with van der Waals surface area (Å²) in [5, 5.41) is 2.88. The number of benzene rings is 2. The maximum atomic E-state index is 12.9. The van der Waals surface area contributed by atoms with E-state index in [1.807, 2.05) is 6.92 Å². The number of halogens is 1. The lowest BCUT2D eigenvalue weighted by atomic mass is 10.1. The van der Waals surface area contributed by atoms with Gasteiger partial charge in [0.1, 0.15) is 5.57 Å². The Morgan fingerprint density at radius 3 is 2.45 bits per heavy atom. The van der Waals surface area contributed by atoms with Crippen LogP contribution < -0.4 is 19.7 Å². The van der Waals surface area contributed by atoms with E-state index in [4.69, 9.17) is 9.47 Å². The van der Waals surface area contributed by atoms with Gasteiger partial charge in [-0.05, 0) is 42.8 Å². The normalized spacial score (nSPS) is 15.5. The number of aryl methyl sites for hydroxylation is 1. The Bertz CT molecular complexity index is 985. The first-order valence-corrected chi connectivity index (χ1v) is 9.91. The fraction of sp³-hybridized carbons (Fsp3) is 0.190. The average molecular weight is 459 g/mol. The van der Waals surface area contributed by atoms with E-state index < -0.39 is 17.8 Å². The summed E-state index contributed by atoms with van der Waals surface area (Å²) in [4.78, 5) is 38.4. The summed E-state index contributed by atoms with van der Waals surface area (Å²) in [6, 6.07) is 11.1. The molecule has 8 heteroatoms. The third-order valence-electron chi connectivity index (χ3n) is 4.23. The number of barbiturate groups is 1. The third-order valence-corrected chi connectivity index (χ3v) is 4.55. The lowest BCUT2D eigenvalue weighted by Gasteiger charge is -2.26. The standard InChI is InChI=1S/C21H19BrN2O5/c1-13-3-6-15(7-4-13)24-20(26)16(19(25)23-21(24)27)11-14-5-8-17(29-10-9-22)18(12-14)28-2/h3-8,11-12H,9-10H2,1-2H3,(H,23,25,27)/b16-11-. The number of hydrogen-bond acceptors (Lipinski definition) is 5. The number of nitrogens with one attached hydrogen (secondary N) is 1. The maximum absolute atomic E-state index is 12.9. The van der Waals surface area contributed by atoms with Crippen molar-refractivity contribution in [2.24, 2.45) is 0 Å². The highest BCUT2D eigenvalue weighted by Crippen LogP contribution is 2.30. The van der Waals surface area contributed by atoms with E-state index in [0.29, 0.717) is 34.7 Å². The lowest BCUT2D eigenvalue weighted by molar-refractivity contribution is -0.122. The van der Waals surface area contributed by atoms with Crippen LogP contribution in [0.2, 0.25) is 0 Å². The van der Waals surface area contributed by atoms with Crippen molar-refractivity contribution in [2.45, 2.75) is 6.92 Å². The molecule has 1 aliphatic rings. The molecule has 0 spiro atoms. The number of carbonyl (C=O) groups excluding carboxylic acids is 3. The van der Waals surface area contributed by atoms with Crippen LogP contribution >= 0.6 is 15.9 Å². The van der Waals surface area contributed by atoms with Crippen molar-refractivity contribution in [3.8, 4) is 11.5 Å². The number of rotatable bonds is 6. The molecule has 1 aliphatic heterocycles. The van der Waals surface area contributed by atoms with Crippen LogP contribution in [0.25, 0.3) is 6.08 Å². The highest BCUT2D eigenvalue weighted by molar-refractivity contribution is 9.09. The molecule has 29 heavy (non-hydrogen) atoms. The molecule has 0 unspecified atom stereocenters. The minimum absolute atomic E-state index is 0.152. The first kappa shape index (κ1) is 20.6. The molecular formula is C21H19BrN2O5. The number of carbonyl (C=O) groups is 3. The number of hydrogen-bond donors (Lipinski definition) is 1. The van der Waals surface area contributed by atoms with Gasteiger partial charge in [-0.25, -0.2) is 9.69 Å². The molecule has 0 bridgehead atoms. The summed E-state index contributed by atoms with van der Waals surface area (Å²) < 4.78 is 10.9. The maximum Gasteiger partial charge on any atom is 0.335 e. The van der Waals surface area contributed by atoms with E-state index in [9.17, 15) is 14.4 Å². The molecule has 1 heterocycles. The molecule has 0 saturated carbocycles. The summed E-state index contributed by atoms with van der Waals surface area (Å²) in [6.07, 6.45) is 1.42. The quantitative estimate of drug-likeness (QED) is 0.407. The van der Waals surface area contributed by atoms with Gasteiger partial charge in [0, 0.05) is 5.33 Å². The lowest BCUT2D eigenvalue weighted by Crippen LogP contribution is -2.54. The van der Waals surface area contributed by atoms with E-state index in [0.717, 1.165) is 10.5 Å². The minimum atomic E-state index is -0.780. The van der Waals surface area contributed by atoms with E-state index in [1.165, 1.54) is 13.2 Å². The molecule has 150 valence electrons. The van der Waals surface area contributed by atoms with Gasteiger partial charge in [-0.3, -0.25) is 14.9 Å². The largest absolute Gasteiger partial charge is 0.493 e. The monoisotopic (exact) mass is 458 g/mol. The second-order valence-corrected chi connectivity index (χ2v) is 7.03. The van der Waals surface area contributed by atoms with Crippen molar-refractivity contribution in [1.29, 1.82) is 0 Å². The summed E-state index contributed by atoms with van der Waals surface area (Å²) in [6.45, 7) is 2.36. The smallest absolute Gasteiger partial charge is 0.335 e. The molecule has 0 radical (unpaired) electrons. The molecule has 1 saturated heterocycles. The molecular weight excluding hydrogens is 440 g/mol. The Labute approximate surface area is 176 Å². The van der Waals surface area contributed by atoms with Crippen LogP contribution in [0, 0.1) is 6.92 Å². The number of urea groups is 1. The van der Waals surface area contributed by atoms with Crippen LogP contribution in [-0.4, -0.2) is 36.9 Å². The van der Waals surface area contributed by atoms with Crippen molar-refractivity contribution in [2.75, 3.05) is 23.9 Å². The summed E-state index contributed by atoms with van der Waals surface area (Å²) >= 11 is 3.29. The molecule has 4 amide bonds. The van der Waals surface area contributed by atoms with Gasteiger partial charge in [0.25, 0.3) is 11.8 Å². The molecule has 0 atom stereocenters. The predicted octanol–water partition coefficient (Wildman–Crippen LogP) is 3.44. The van der Waals surface area contributed by atoms with Gasteiger partial charge in [-0.2, -0.15) is 0 Å². The second kappa shape index (κ2) is 8.91. The Morgan fingerprint density at radius 1 is 1.07 bits per heavy atom. The van der Waals surface area contributed by atoms with Crippen LogP contribution in [0.4, 0.5) is 10.5 Å². The van der Waals surface area contributed by atoms with Gasteiger partial charge >= 0.3 is 6.03 Å². The predicted molar refractivity (Wildman–Crippen MR) is 112 cm³/mol. The number of nitrogens with zero attached hydrogens (tertiary/aromatic N) is 1. The topological polar surface area (TPSA) is 84.9 Å². The molecule has 7 nitrogen and oxygen atoms in total. The highest BCUT2D eigenvalue weighted by atomic mass is 79.9. The number of alkyl halides is 1. The van der Waals surface area contributed by atoms with Gasteiger partial charge in [-0.1, -0.05) is 39.7 Å². The van der Waals surface area contributed by atoms with Gasteiger partial charge in [0.15, 0.2) is 11.5 Å². The highest BCUT2D eigenvalue weighted by Gasteiger charge is 2.36. The van der Waals surface area contributed by atoms with Crippen molar-refractivity contribution in [3.05, 3.63) is 59.2 Å². The zero-order chi connectivity index (χ0) is 21.0. The van der Waals surface area contributed by atoms with Crippen LogP contribution in [-0.2, 0) is 9.59 Å². The van der Waals surface area contributed by atoms with Crippen LogP contribution in [0.15, 0.2) is 48.0 Å². The average Bonchev–Trinajstić information content (AvgIpc) is 2.71. The molecule has 0 aliphatic carbocycles. The van der Waals surface area contributed by atoms with Crippen LogP contribution in [0.5, 0.6) is 11.5 Å². The fourth-order valence-electron chi connectivity index (χ4n) is 2.79. The van der Waals surface area contributed by atoms with E-state index in [1.54, 1.807) is 42.5 Å². The minimum Gasteiger partial charge on any atom is -0.493 e. The van der Waals surface area contributed by atoms with Gasteiger partial charge in [0.2, 0.25) is 0 Å². The summed E-state index contributed by atoms with van der Waals surface area (Å²) in [7, 11) is 1.50. The molecule has 0 aromatic heterocycles. The van der Waals surface area contributed by atoms with Crippen LogP contribution in [0.1, 0.15) is 11.1 Å². The number of amides is 4. The van der Waals surface area contributed by atoms with E-state index in [-0.39, 0.29) is 5.57 Å². The van der Waals surface area contributed by atoms with Crippen molar-refractivity contribution in [1.82, 2.24) is 5.32 Å². The van der Waals surface area contributed by atoms with Gasteiger partial charge < -0.3 is 9.47 Å². The molecule has 3 rings (SSSR count). The number of ether oxygens (including phenoxy) is 2. The first-order valence-electron chi connectivity index (χ1n) is 8.79. The number of methoxy groups -OCH3 is 1. The molecule has 1 fully saturated rings. The van der Waals surface area contributed by atoms with E-state index >= 15 is 0 Å². The first-order chi connectivity index (χ1) is 13.9. The Balaban J connectivity index is 1.95. The van der Waals surface area contributed by atoms with E-state index in [2.05, 4.69) is 21.2 Å². The summed E-state index contributed by atoms with van der Waals surface area (Å²) in [5.41, 5.74) is 1.78.